The standard InChI is InChI=1S/C17H14BrN7O/c1-10-3-4-13(25-22-11(2)21-23-25)8-15(10)20-17(26)14-9-19-24-6-5-12(18)7-16(14)24/h3-9H,1-2H3,(H,20,26). The molecule has 0 radical (unpaired) electrons. The summed E-state index contributed by atoms with van der Waals surface area (Å²) in [5, 5.41) is 19.2. The number of pyridine rings is 1. The fourth-order valence-corrected chi connectivity index (χ4v) is 2.92. The molecular formula is C17H14BrN7O. The Morgan fingerprint density at radius 1 is 1.19 bits per heavy atom. The maximum absolute atomic E-state index is 12.8. The molecule has 1 aromatic carbocycles. The van der Waals surface area contributed by atoms with Gasteiger partial charge in [-0.2, -0.15) is 5.10 Å². The topological polar surface area (TPSA) is 90.0 Å². The lowest BCUT2D eigenvalue weighted by Crippen LogP contribution is -2.13. The number of carbonyl (C=O) groups excluding carboxylic acids is 1. The molecular weight excluding hydrogens is 398 g/mol. The number of benzene rings is 1. The molecule has 130 valence electrons. The second-order valence-corrected chi connectivity index (χ2v) is 6.73. The van der Waals surface area contributed by atoms with E-state index < -0.39 is 0 Å². The Bertz CT molecular complexity index is 1130. The van der Waals surface area contributed by atoms with Crippen molar-refractivity contribution < 1.29 is 4.79 Å². The van der Waals surface area contributed by atoms with Crippen molar-refractivity contribution in [2.45, 2.75) is 13.8 Å². The van der Waals surface area contributed by atoms with Crippen LogP contribution in [0.4, 0.5) is 5.69 Å². The fraction of sp³-hybridized carbons (Fsp3) is 0.118. The molecule has 0 saturated carbocycles. The number of carbonyl (C=O) groups is 1. The summed E-state index contributed by atoms with van der Waals surface area (Å²) < 4.78 is 2.54. The molecule has 9 heteroatoms. The van der Waals surface area contributed by atoms with E-state index in [2.05, 4.69) is 41.8 Å². The Morgan fingerprint density at radius 3 is 2.81 bits per heavy atom. The van der Waals surface area contributed by atoms with Crippen LogP contribution in [-0.2, 0) is 0 Å². The lowest BCUT2D eigenvalue weighted by Gasteiger charge is -2.09. The first-order chi connectivity index (χ1) is 12.5. The fourth-order valence-electron chi connectivity index (χ4n) is 2.58. The van der Waals surface area contributed by atoms with Crippen LogP contribution < -0.4 is 5.32 Å². The van der Waals surface area contributed by atoms with Crippen LogP contribution in [0.5, 0.6) is 0 Å². The second kappa shape index (κ2) is 6.34. The number of hydrogen-bond donors (Lipinski definition) is 1. The number of rotatable bonds is 3. The van der Waals surface area contributed by atoms with Gasteiger partial charge in [-0.25, -0.2) is 4.52 Å². The summed E-state index contributed by atoms with van der Waals surface area (Å²) in [6, 6.07) is 9.31. The highest BCUT2D eigenvalue weighted by Gasteiger charge is 2.15. The molecule has 3 heterocycles. The van der Waals surface area contributed by atoms with Crippen LogP contribution in [0.25, 0.3) is 11.2 Å². The van der Waals surface area contributed by atoms with E-state index in [0.29, 0.717) is 22.8 Å². The van der Waals surface area contributed by atoms with Crippen molar-refractivity contribution in [3.63, 3.8) is 0 Å². The van der Waals surface area contributed by atoms with Crippen molar-refractivity contribution in [3.8, 4) is 5.69 Å². The van der Waals surface area contributed by atoms with Crippen molar-refractivity contribution in [1.29, 1.82) is 0 Å². The lowest BCUT2D eigenvalue weighted by atomic mass is 10.1. The van der Waals surface area contributed by atoms with Crippen LogP contribution in [0.15, 0.2) is 47.2 Å². The van der Waals surface area contributed by atoms with Gasteiger partial charge in [-0.3, -0.25) is 4.79 Å². The summed E-state index contributed by atoms with van der Waals surface area (Å²) in [5.74, 6) is 0.342. The normalized spacial score (nSPS) is 11.0. The highest BCUT2D eigenvalue weighted by atomic mass is 79.9. The monoisotopic (exact) mass is 411 g/mol. The average Bonchev–Trinajstić information content (AvgIpc) is 3.22. The number of anilines is 1. The Labute approximate surface area is 157 Å². The van der Waals surface area contributed by atoms with E-state index in [9.17, 15) is 4.79 Å². The van der Waals surface area contributed by atoms with Crippen LogP contribution >= 0.6 is 15.9 Å². The number of fused-ring (bicyclic) bond motifs is 1. The van der Waals surface area contributed by atoms with Crippen molar-refractivity contribution >= 4 is 33.0 Å². The minimum atomic E-state index is -0.235. The highest BCUT2D eigenvalue weighted by molar-refractivity contribution is 9.10. The van der Waals surface area contributed by atoms with Gasteiger partial charge in [0.25, 0.3) is 5.91 Å². The molecule has 0 aliphatic rings. The maximum Gasteiger partial charge on any atom is 0.259 e. The van der Waals surface area contributed by atoms with Crippen LogP contribution in [0.3, 0.4) is 0 Å². The summed E-state index contributed by atoms with van der Waals surface area (Å²) in [5.41, 5.74) is 3.53. The first-order valence-corrected chi connectivity index (χ1v) is 8.62. The van der Waals surface area contributed by atoms with Crippen molar-refractivity contribution in [1.82, 2.24) is 29.8 Å². The quantitative estimate of drug-likeness (QED) is 0.559. The van der Waals surface area contributed by atoms with Crippen LogP contribution in [0, 0.1) is 13.8 Å². The largest absolute Gasteiger partial charge is 0.322 e. The number of nitrogens with zero attached hydrogens (tertiary/aromatic N) is 6. The third-order valence-electron chi connectivity index (χ3n) is 3.94. The molecule has 1 amide bonds. The molecule has 0 unspecified atom stereocenters. The molecule has 0 fully saturated rings. The van der Waals surface area contributed by atoms with Gasteiger partial charge >= 0.3 is 0 Å². The predicted molar refractivity (Wildman–Crippen MR) is 99.5 cm³/mol. The average molecular weight is 412 g/mol. The zero-order chi connectivity index (χ0) is 18.3. The molecule has 3 aromatic heterocycles. The minimum absolute atomic E-state index is 0.235. The van der Waals surface area contributed by atoms with E-state index in [1.165, 1.54) is 4.80 Å². The Balaban J connectivity index is 1.67. The molecule has 26 heavy (non-hydrogen) atoms. The van der Waals surface area contributed by atoms with Crippen molar-refractivity contribution in [2.75, 3.05) is 5.32 Å². The van der Waals surface area contributed by atoms with Crippen LogP contribution in [-0.4, -0.2) is 35.7 Å². The van der Waals surface area contributed by atoms with Crippen molar-refractivity contribution in [3.05, 3.63) is 64.1 Å². The molecule has 4 aromatic rings. The van der Waals surface area contributed by atoms with Gasteiger partial charge in [0, 0.05) is 16.4 Å². The molecule has 0 atom stereocenters. The zero-order valence-electron chi connectivity index (χ0n) is 14.0. The summed E-state index contributed by atoms with van der Waals surface area (Å²) in [4.78, 5) is 14.2. The van der Waals surface area contributed by atoms with E-state index in [4.69, 9.17) is 0 Å². The van der Waals surface area contributed by atoms with E-state index in [1.54, 1.807) is 23.8 Å². The van der Waals surface area contributed by atoms with Gasteiger partial charge in [0.05, 0.1) is 23.0 Å². The SMILES string of the molecule is Cc1nnn(-c2ccc(C)c(NC(=O)c3cnn4ccc(Br)cc34)c2)n1. The number of aryl methyl sites for hydroxylation is 2. The van der Waals surface area contributed by atoms with Gasteiger partial charge in [-0.1, -0.05) is 22.0 Å². The van der Waals surface area contributed by atoms with Gasteiger partial charge in [0.2, 0.25) is 0 Å². The van der Waals surface area contributed by atoms with E-state index >= 15 is 0 Å². The highest BCUT2D eigenvalue weighted by Crippen LogP contribution is 2.22. The molecule has 0 aliphatic carbocycles. The maximum atomic E-state index is 12.8. The summed E-state index contributed by atoms with van der Waals surface area (Å²) in [6.45, 7) is 3.69. The Morgan fingerprint density at radius 2 is 2.04 bits per heavy atom. The third-order valence-corrected chi connectivity index (χ3v) is 4.44. The second-order valence-electron chi connectivity index (χ2n) is 5.81. The predicted octanol–water partition coefficient (Wildman–Crippen LogP) is 2.94. The number of aromatic nitrogens is 6. The van der Waals surface area contributed by atoms with Gasteiger partial charge in [-0.15, -0.1) is 15.0 Å². The van der Waals surface area contributed by atoms with Crippen LogP contribution in [0.2, 0.25) is 0 Å². The summed E-state index contributed by atoms with van der Waals surface area (Å²) in [7, 11) is 0. The molecule has 0 aliphatic heterocycles. The van der Waals surface area contributed by atoms with Crippen LogP contribution in [0.1, 0.15) is 21.7 Å². The summed E-state index contributed by atoms with van der Waals surface area (Å²) >= 11 is 3.42. The lowest BCUT2D eigenvalue weighted by molar-refractivity contribution is 0.102. The first kappa shape index (κ1) is 16.4. The number of tetrazole rings is 1. The smallest absolute Gasteiger partial charge is 0.259 e. The minimum Gasteiger partial charge on any atom is -0.322 e. The number of hydrogen-bond acceptors (Lipinski definition) is 5. The van der Waals surface area contributed by atoms with E-state index in [1.807, 2.05) is 37.3 Å². The molecule has 4 rings (SSSR count). The Kier molecular flexibility index (Phi) is 4.00. The van der Waals surface area contributed by atoms with Crippen molar-refractivity contribution in [2.24, 2.45) is 0 Å². The van der Waals surface area contributed by atoms with Gasteiger partial charge in [0.1, 0.15) is 0 Å². The van der Waals surface area contributed by atoms with E-state index in [-0.39, 0.29) is 5.91 Å². The first-order valence-electron chi connectivity index (χ1n) is 7.83. The molecule has 0 bridgehead atoms. The van der Waals surface area contributed by atoms with Gasteiger partial charge < -0.3 is 5.32 Å². The Hall–Kier alpha value is -3.07. The number of amides is 1. The zero-order valence-corrected chi connectivity index (χ0v) is 15.6. The molecule has 0 saturated heterocycles. The summed E-state index contributed by atoms with van der Waals surface area (Å²) in [6.07, 6.45) is 3.35. The number of halogens is 1. The van der Waals surface area contributed by atoms with Gasteiger partial charge in [0.15, 0.2) is 5.82 Å². The molecule has 8 nitrogen and oxygen atoms in total. The number of nitrogens with one attached hydrogen (secondary N) is 1. The van der Waals surface area contributed by atoms with Gasteiger partial charge in [-0.05, 0) is 48.9 Å². The van der Waals surface area contributed by atoms with E-state index in [0.717, 1.165) is 15.6 Å². The third kappa shape index (κ3) is 2.97. The molecule has 0 spiro atoms. The molecule has 1 N–H and O–H groups in total.